The van der Waals surface area contributed by atoms with Crippen LogP contribution in [0.15, 0.2) is 12.4 Å². The Labute approximate surface area is 83.1 Å². The number of nitrogens with zero attached hydrogens (tertiary/aromatic N) is 2. The highest BCUT2D eigenvalue weighted by atomic mass is 35.5. The first kappa shape index (κ1) is 10.4. The normalized spacial score (nSPS) is 10.3. The van der Waals surface area contributed by atoms with E-state index in [0.29, 0.717) is 18.3 Å². The number of aromatic nitrogens is 2. The van der Waals surface area contributed by atoms with Crippen LogP contribution in [-0.2, 0) is 17.2 Å². The van der Waals surface area contributed by atoms with Gasteiger partial charge in [0.2, 0.25) is 0 Å². The molecule has 0 saturated carbocycles. The molecule has 0 spiro atoms. The van der Waals surface area contributed by atoms with Crippen LogP contribution in [0.5, 0.6) is 0 Å². The van der Waals surface area contributed by atoms with Crippen LogP contribution in [0.3, 0.4) is 0 Å². The predicted molar refractivity (Wildman–Crippen MR) is 51.5 cm³/mol. The van der Waals surface area contributed by atoms with Crippen LogP contribution >= 0.6 is 11.6 Å². The molecule has 1 rings (SSSR count). The van der Waals surface area contributed by atoms with Crippen molar-refractivity contribution in [3.05, 3.63) is 23.8 Å². The highest BCUT2D eigenvalue weighted by molar-refractivity contribution is 6.17. The van der Waals surface area contributed by atoms with Crippen molar-refractivity contribution < 1.29 is 4.74 Å². The summed E-state index contributed by atoms with van der Waals surface area (Å²) in [5.41, 5.74) is 0.931. The lowest BCUT2D eigenvalue weighted by Crippen LogP contribution is -2.00. The van der Waals surface area contributed by atoms with Crippen molar-refractivity contribution in [3.8, 4) is 0 Å². The largest absolute Gasteiger partial charge is 0.373 e. The van der Waals surface area contributed by atoms with Gasteiger partial charge in [-0.2, -0.15) is 0 Å². The van der Waals surface area contributed by atoms with Crippen molar-refractivity contribution in [1.82, 2.24) is 9.97 Å². The summed E-state index contributed by atoms with van der Waals surface area (Å²) in [4.78, 5) is 8.20. The topological polar surface area (TPSA) is 35.0 Å². The smallest absolute Gasteiger partial charge is 0.153 e. The van der Waals surface area contributed by atoms with Crippen LogP contribution in [0.1, 0.15) is 24.7 Å². The maximum absolute atomic E-state index is 5.59. The van der Waals surface area contributed by atoms with Crippen LogP contribution in [0.25, 0.3) is 0 Å². The zero-order chi connectivity index (χ0) is 9.52. The third-order valence-corrected chi connectivity index (χ3v) is 1.80. The molecule has 13 heavy (non-hydrogen) atoms. The van der Waals surface area contributed by atoms with Gasteiger partial charge in [0.05, 0.1) is 5.88 Å². The summed E-state index contributed by atoms with van der Waals surface area (Å²) >= 11 is 5.59. The van der Waals surface area contributed by atoms with Gasteiger partial charge in [0.25, 0.3) is 0 Å². The molecule has 1 heterocycles. The molecule has 4 heteroatoms. The number of rotatable bonds is 5. The summed E-state index contributed by atoms with van der Waals surface area (Å²) in [5.74, 6) is 1.16. The Hall–Kier alpha value is -0.670. The van der Waals surface area contributed by atoms with Crippen LogP contribution in [-0.4, -0.2) is 16.6 Å². The monoisotopic (exact) mass is 200 g/mol. The lowest BCUT2D eigenvalue weighted by atomic mass is 10.4. The minimum Gasteiger partial charge on any atom is -0.373 e. The number of ether oxygens (including phenoxy) is 1. The van der Waals surface area contributed by atoms with Gasteiger partial charge in [-0.3, -0.25) is 0 Å². The Balaban J connectivity index is 2.40. The van der Waals surface area contributed by atoms with E-state index in [1.807, 2.05) is 0 Å². The fraction of sp³-hybridized carbons (Fsp3) is 0.556. The quantitative estimate of drug-likeness (QED) is 0.540. The second-order valence-electron chi connectivity index (χ2n) is 2.69. The second-order valence-corrected chi connectivity index (χ2v) is 2.96. The van der Waals surface area contributed by atoms with Gasteiger partial charge in [0.1, 0.15) is 6.61 Å². The van der Waals surface area contributed by atoms with Crippen LogP contribution in [0.4, 0.5) is 0 Å². The predicted octanol–water partition coefficient (Wildman–Crippen LogP) is 2.14. The molecule has 1 aromatic heterocycles. The summed E-state index contributed by atoms with van der Waals surface area (Å²) in [7, 11) is 0. The van der Waals surface area contributed by atoms with E-state index in [0.717, 1.165) is 18.6 Å². The molecular weight excluding hydrogens is 188 g/mol. The summed E-state index contributed by atoms with van der Waals surface area (Å²) in [6.45, 7) is 3.30. The van der Waals surface area contributed by atoms with Crippen molar-refractivity contribution >= 4 is 11.6 Å². The first-order chi connectivity index (χ1) is 6.36. The van der Waals surface area contributed by atoms with Gasteiger partial charge in [-0.1, -0.05) is 6.92 Å². The van der Waals surface area contributed by atoms with Gasteiger partial charge in [-0.25, -0.2) is 9.97 Å². The maximum Gasteiger partial charge on any atom is 0.153 e. The van der Waals surface area contributed by atoms with Crippen molar-refractivity contribution in [1.29, 1.82) is 0 Å². The van der Waals surface area contributed by atoms with E-state index in [1.54, 1.807) is 12.4 Å². The fourth-order valence-corrected chi connectivity index (χ4v) is 0.971. The van der Waals surface area contributed by atoms with E-state index in [4.69, 9.17) is 16.3 Å². The minimum absolute atomic E-state index is 0.454. The first-order valence-electron chi connectivity index (χ1n) is 4.30. The molecule has 0 fully saturated rings. The molecule has 72 valence electrons. The summed E-state index contributed by atoms with van der Waals surface area (Å²) in [6.07, 6.45) is 4.47. The molecule has 0 atom stereocenters. The molecule has 0 bridgehead atoms. The Kier molecular flexibility index (Phi) is 4.72. The molecule has 0 radical (unpaired) electrons. The molecule has 0 aromatic carbocycles. The molecule has 3 nitrogen and oxygen atoms in total. The molecule has 0 N–H and O–H groups in total. The van der Waals surface area contributed by atoms with Gasteiger partial charge in [-0.05, 0) is 6.42 Å². The van der Waals surface area contributed by atoms with E-state index in [-0.39, 0.29) is 0 Å². The molecule has 1 aromatic rings. The molecule has 0 aliphatic rings. The lowest BCUT2D eigenvalue weighted by molar-refractivity contribution is 0.116. The van der Waals surface area contributed by atoms with E-state index in [1.165, 1.54) is 0 Å². The third kappa shape index (κ3) is 3.70. The van der Waals surface area contributed by atoms with Gasteiger partial charge in [-0.15, -0.1) is 11.6 Å². The number of hydrogen-bond acceptors (Lipinski definition) is 3. The van der Waals surface area contributed by atoms with Crippen molar-refractivity contribution in [2.24, 2.45) is 0 Å². The molecule has 0 amide bonds. The Morgan fingerprint density at radius 2 is 2.08 bits per heavy atom. The summed E-state index contributed by atoms with van der Waals surface area (Å²) in [6, 6.07) is 0. The van der Waals surface area contributed by atoms with Gasteiger partial charge >= 0.3 is 0 Å². The second kappa shape index (κ2) is 5.89. The highest BCUT2D eigenvalue weighted by Gasteiger charge is 1.96. The zero-order valence-electron chi connectivity index (χ0n) is 7.66. The van der Waals surface area contributed by atoms with E-state index < -0.39 is 0 Å². The average Bonchev–Trinajstić information content (AvgIpc) is 2.19. The van der Waals surface area contributed by atoms with Crippen molar-refractivity contribution in [2.75, 3.05) is 6.61 Å². The average molecular weight is 201 g/mol. The van der Waals surface area contributed by atoms with Crippen molar-refractivity contribution in [2.45, 2.75) is 25.8 Å². The third-order valence-electron chi connectivity index (χ3n) is 1.49. The zero-order valence-corrected chi connectivity index (χ0v) is 8.42. The lowest BCUT2D eigenvalue weighted by Gasteiger charge is -2.01. The van der Waals surface area contributed by atoms with Crippen LogP contribution < -0.4 is 0 Å². The highest BCUT2D eigenvalue weighted by Crippen LogP contribution is 2.00. The fourth-order valence-electron chi connectivity index (χ4n) is 0.833. The van der Waals surface area contributed by atoms with Gasteiger partial charge in [0.15, 0.2) is 5.82 Å². The molecule has 0 aliphatic heterocycles. The van der Waals surface area contributed by atoms with Gasteiger partial charge in [0, 0.05) is 24.6 Å². The number of halogens is 1. The summed E-state index contributed by atoms with van der Waals surface area (Å²) < 4.78 is 5.28. The Morgan fingerprint density at radius 1 is 1.38 bits per heavy atom. The maximum atomic E-state index is 5.59. The minimum atomic E-state index is 0.454. The molecular formula is C9H13ClN2O. The van der Waals surface area contributed by atoms with Gasteiger partial charge < -0.3 is 4.74 Å². The standard InChI is InChI=1S/C9H13ClN2O/c1-2-3-13-7-9-11-5-8(4-10)6-12-9/h5-6H,2-4,7H2,1H3. The molecule has 0 saturated heterocycles. The number of alkyl halides is 1. The number of hydrogen-bond donors (Lipinski definition) is 0. The Morgan fingerprint density at radius 3 is 2.62 bits per heavy atom. The van der Waals surface area contributed by atoms with Crippen molar-refractivity contribution in [3.63, 3.8) is 0 Å². The van der Waals surface area contributed by atoms with Crippen LogP contribution in [0, 0.1) is 0 Å². The molecule has 0 unspecified atom stereocenters. The summed E-state index contributed by atoms with van der Waals surface area (Å²) in [5, 5.41) is 0. The van der Waals surface area contributed by atoms with E-state index >= 15 is 0 Å². The molecule has 0 aliphatic carbocycles. The Bertz CT molecular complexity index is 238. The van der Waals surface area contributed by atoms with E-state index in [9.17, 15) is 0 Å². The first-order valence-corrected chi connectivity index (χ1v) is 4.83. The van der Waals surface area contributed by atoms with E-state index in [2.05, 4.69) is 16.9 Å². The SMILES string of the molecule is CCCOCc1ncc(CCl)cn1. The van der Waals surface area contributed by atoms with Crippen LogP contribution in [0.2, 0.25) is 0 Å².